The third kappa shape index (κ3) is 2.87. The number of carboxylic acid groups (broad SMARTS) is 1. The first kappa shape index (κ1) is 14.6. The molecule has 1 atom stereocenters. The fraction of sp³-hybridized carbons (Fsp3) is 0.750. The number of hydrogen-bond donors (Lipinski definition) is 2. The normalized spacial score (nSPS) is 14.7. The molecule has 0 aliphatic rings. The van der Waals surface area contributed by atoms with Crippen molar-refractivity contribution in [3.63, 3.8) is 0 Å². The molecule has 18 heavy (non-hydrogen) atoms. The first-order valence-corrected chi connectivity index (χ1v) is 6.28. The Hall–Kier alpha value is -1.43. The van der Waals surface area contributed by atoms with E-state index in [0.717, 1.165) is 6.42 Å². The van der Waals surface area contributed by atoms with Crippen molar-refractivity contribution in [1.82, 2.24) is 14.8 Å². The number of aliphatic carboxylic acids is 1. The molecule has 0 aliphatic carbocycles. The van der Waals surface area contributed by atoms with Gasteiger partial charge in [-0.3, -0.25) is 4.79 Å². The average Bonchev–Trinajstić information content (AvgIpc) is 2.76. The van der Waals surface area contributed by atoms with Crippen LogP contribution in [0.15, 0.2) is 6.33 Å². The van der Waals surface area contributed by atoms with Gasteiger partial charge in [-0.05, 0) is 20.3 Å². The first-order chi connectivity index (χ1) is 8.46. The van der Waals surface area contributed by atoms with E-state index in [2.05, 4.69) is 10.1 Å². The number of nitrogens with two attached hydrogens (primary N) is 1. The van der Waals surface area contributed by atoms with Gasteiger partial charge in [0.05, 0.1) is 5.41 Å². The summed E-state index contributed by atoms with van der Waals surface area (Å²) in [6, 6.07) is 0.161. The summed E-state index contributed by atoms with van der Waals surface area (Å²) < 4.78 is 1.75. The van der Waals surface area contributed by atoms with Gasteiger partial charge >= 0.3 is 5.97 Å². The number of aromatic nitrogens is 3. The molecule has 6 nitrogen and oxygen atoms in total. The standard InChI is InChI=1S/C12H22N4O2/c1-4-5-12(7-13,11(17)18)6-10-14-8-15-16(10)9(2)3/h8-9H,4-7,13H2,1-3H3,(H,17,18). The Morgan fingerprint density at radius 1 is 1.61 bits per heavy atom. The molecule has 1 unspecified atom stereocenters. The highest BCUT2D eigenvalue weighted by Crippen LogP contribution is 2.28. The number of rotatable bonds is 7. The summed E-state index contributed by atoms with van der Waals surface area (Å²) in [5, 5.41) is 13.6. The predicted octanol–water partition coefficient (Wildman–Crippen LogP) is 1.23. The Bertz CT molecular complexity index is 403. The van der Waals surface area contributed by atoms with E-state index < -0.39 is 11.4 Å². The van der Waals surface area contributed by atoms with E-state index in [1.54, 1.807) is 4.68 Å². The smallest absolute Gasteiger partial charge is 0.311 e. The Kier molecular flexibility index (Phi) is 4.84. The van der Waals surface area contributed by atoms with Gasteiger partial charge in [-0.2, -0.15) is 5.10 Å². The maximum Gasteiger partial charge on any atom is 0.311 e. The van der Waals surface area contributed by atoms with Crippen LogP contribution in [0.1, 0.15) is 45.5 Å². The highest BCUT2D eigenvalue weighted by Gasteiger charge is 2.38. The molecule has 0 saturated carbocycles. The van der Waals surface area contributed by atoms with E-state index in [4.69, 9.17) is 5.73 Å². The summed E-state index contributed by atoms with van der Waals surface area (Å²) in [4.78, 5) is 15.7. The molecule has 3 N–H and O–H groups in total. The van der Waals surface area contributed by atoms with Crippen molar-refractivity contribution in [2.45, 2.75) is 46.1 Å². The van der Waals surface area contributed by atoms with Crippen molar-refractivity contribution in [3.8, 4) is 0 Å². The van der Waals surface area contributed by atoms with Crippen LogP contribution in [0.25, 0.3) is 0 Å². The van der Waals surface area contributed by atoms with Crippen molar-refractivity contribution < 1.29 is 9.90 Å². The van der Waals surface area contributed by atoms with Crippen LogP contribution in [0.2, 0.25) is 0 Å². The Labute approximate surface area is 107 Å². The lowest BCUT2D eigenvalue weighted by molar-refractivity contribution is -0.149. The van der Waals surface area contributed by atoms with Crippen LogP contribution in [0.4, 0.5) is 0 Å². The Morgan fingerprint density at radius 3 is 2.72 bits per heavy atom. The highest BCUT2D eigenvalue weighted by atomic mass is 16.4. The van der Waals surface area contributed by atoms with E-state index in [1.165, 1.54) is 6.33 Å². The quantitative estimate of drug-likeness (QED) is 0.763. The zero-order valence-corrected chi connectivity index (χ0v) is 11.3. The molecule has 102 valence electrons. The van der Waals surface area contributed by atoms with Gasteiger partial charge in [-0.25, -0.2) is 9.67 Å². The zero-order valence-electron chi connectivity index (χ0n) is 11.3. The predicted molar refractivity (Wildman–Crippen MR) is 68.1 cm³/mol. The lowest BCUT2D eigenvalue weighted by atomic mass is 9.80. The van der Waals surface area contributed by atoms with Crippen LogP contribution in [-0.4, -0.2) is 32.4 Å². The van der Waals surface area contributed by atoms with Crippen LogP contribution in [0, 0.1) is 5.41 Å². The van der Waals surface area contributed by atoms with Crippen molar-refractivity contribution in [3.05, 3.63) is 12.2 Å². The molecule has 1 aromatic heterocycles. The van der Waals surface area contributed by atoms with Crippen LogP contribution in [-0.2, 0) is 11.2 Å². The second-order valence-electron chi connectivity index (χ2n) is 4.93. The van der Waals surface area contributed by atoms with Gasteiger partial charge in [0.25, 0.3) is 0 Å². The van der Waals surface area contributed by atoms with Crippen LogP contribution >= 0.6 is 0 Å². The fourth-order valence-corrected chi connectivity index (χ4v) is 2.15. The molecular formula is C12H22N4O2. The molecule has 0 aromatic carbocycles. The summed E-state index contributed by atoms with van der Waals surface area (Å²) in [7, 11) is 0. The maximum absolute atomic E-state index is 11.5. The topological polar surface area (TPSA) is 94.0 Å². The van der Waals surface area contributed by atoms with Gasteiger partial charge in [-0.1, -0.05) is 13.3 Å². The molecule has 0 saturated heterocycles. The average molecular weight is 254 g/mol. The molecule has 1 heterocycles. The van der Waals surface area contributed by atoms with Gasteiger partial charge < -0.3 is 10.8 Å². The molecule has 6 heteroatoms. The van der Waals surface area contributed by atoms with Gasteiger partial charge in [0.15, 0.2) is 0 Å². The van der Waals surface area contributed by atoms with Gasteiger partial charge in [0, 0.05) is 19.0 Å². The molecule has 0 spiro atoms. The van der Waals surface area contributed by atoms with E-state index in [9.17, 15) is 9.90 Å². The second-order valence-corrected chi connectivity index (χ2v) is 4.93. The lowest BCUT2D eigenvalue weighted by Crippen LogP contribution is -2.41. The van der Waals surface area contributed by atoms with E-state index in [1.807, 2.05) is 20.8 Å². The van der Waals surface area contributed by atoms with Crippen LogP contribution < -0.4 is 5.73 Å². The zero-order chi connectivity index (χ0) is 13.8. The minimum Gasteiger partial charge on any atom is -0.481 e. The van der Waals surface area contributed by atoms with E-state index in [0.29, 0.717) is 18.7 Å². The Balaban J connectivity index is 3.02. The fourth-order valence-electron chi connectivity index (χ4n) is 2.15. The van der Waals surface area contributed by atoms with Crippen molar-refractivity contribution in [2.24, 2.45) is 11.1 Å². The summed E-state index contributed by atoms with van der Waals surface area (Å²) in [5.41, 5.74) is 4.76. The van der Waals surface area contributed by atoms with Crippen molar-refractivity contribution in [2.75, 3.05) is 6.54 Å². The first-order valence-electron chi connectivity index (χ1n) is 6.28. The molecule has 0 fully saturated rings. The lowest BCUT2D eigenvalue weighted by Gasteiger charge is -2.27. The molecule has 0 bridgehead atoms. The van der Waals surface area contributed by atoms with Gasteiger partial charge in [0.2, 0.25) is 0 Å². The van der Waals surface area contributed by atoms with Gasteiger partial charge in [0.1, 0.15) is 12.2 Å². The largest absolute Gasteiger partial charge is 0.481 e. The van der Waals surface area contributed by atoms with Gasteiger partial charge in [-0.15, -0.1) is 0 Å². The molecular weight excluding hydrogens is 232 g/mol. The molecule has 0 radical (unpaired) electrons. The molecule has 0 aliphatic heterocycles. The minimum atomic E-state index is -0.936. The summed E-state index contributed by atoms with van der Waals surface area (Å²) >= 11 is 0. The number of carbonyl (C=O) groups is 1. The second kappa shape index (κ2) is 5.95. The van der Waals surface area contributed by atoms with Crippen LogP contribution in [0.5, 0.6) is 0 Å². The number of nitrogens with zero attached hydrogens (tertiary/aromatic N) is 3. The SMILES string of the molecule is CCCC(CN)(Cc1ncnn1C(C)C)C(=O)O. The monoisotopic (exact) mass is 254 g/mol. The number of carboxylic acids is 1. The third-order valence-electron chi connectivity index (χ3n) is 3.21. The third-order valence-corrected chi connectivity index (χ3v) is 3.21. The van der Waals surface area contributed by atoms with Crippen LogP contribution in [0.3, 0.4) is 0 Å². The van der Waals surface area contributed by atoms with E-state index >= 15 is 0 Å². The van der Waals surface area contributed by atoms with E-state index in [-0.39, 0.29) is 12.6 Å². The highest BCUT2D eigenvalue weighted by molar-refractivity contribution is 5.75. The number of hydrogen-bond acceptors (Lipinski definition) is 4. The van der Waals surface area contributed by atoms with Crippen molar-refractivity contribution in [1.29, 1.82) is 0 Å². The molecule has 1 rings (SSSR count). The minimum absolute atomic E-state index is 0.112. The molecule has 1 aromatic rings. The Morgan fingerprint density at radius 2 is 2.28 bits per heavy atom. The summed E-state index contributed by atoms with van der Waals surface area (Å²) in [5.74, 6) is -0.170. The summed E-state index contributed by atoms with van der Waals surface area (Å²) in [6.45, 7) is 6.05. The summed E-state index contributed by atoms with van der Waals surface area (Å²) in [6.07, 6.45) is 3.11. The maximum atomic E-state index is 11.5. The van der Waals surface area contributed by atoms with Crippen molar-refractivity contribution >= 4 is 5.97 Å². The molecule has 0 amide bonds.